The molecule has 5 heteroatoms. The van der Waals surface area contributed by atoms with Crippen molar-refractivity contribution in [1.29, 1.82) is 0 Å². The number of nitrogens with one attached hydrogen (secondary N) is 1. The van der Waals surface area contributed by atoms with Crippen molar-refractivity contribution in [3.05, 3.63) is 71.4 Å². The highest BCUT2D eigenvalue weighted by Gasteiger charge is 2.29. The highest BCUT2D eigenvalue weighted by Crippen LogP contribution is 2.30. The maximum atomic E-state index is 12.6. The third-order valence-corrected chi connectivity index (χ3v) is 3.76. The van der Waals surface area contributed by atoms with Crippen LogP contribution >= 0.6 is 0 Å². The predicted octanol–water partition coefficient (Wildman–Crippen LogP) is 5.47. The lowest BCUT2D eigenvalue weighted by Gasteiger charge is -2.08. The number of aromatic nitrogens is 1. The van der Waals surface area contributed by atoms with Crippen LogP contribution < -0.4 is 5.32 Å². The van der Waals surface area contributed by atoms with Crippen LogP contribution in [0.4, 0.5) is 18.9 Å². The highest BCUT2D eigenvalue weighted by molar-refractivity contribution is 5.97. The molecule has 1 aromatic heterocycles. The molecular formula is C19H15F3N2. The molecule has 0 unspecified atom stereocenters. The molecule has 0 atom stereocenters. The number of fused-ring (bicyclic) bond motifs is 1. The van der Waals surface area contributed by atoms with Gasteiger partial charge in [-0.25, -0.2) is 0 Å². The summed E-state index contributed by atoms with van der Waals surface area (Å²) in [5, 5.41) is 4.12. The van der Waals surface area contributed by atoms with Crippen LogP contribution in [0, 0.1) is 0 Å². The first-order chi connectivity index (χ1) is 11.5. The van der Waals surface area contributed by atoms with Crippen molar-refractivity contribution in [3.8, 4) is 0 Å². The Bertz CT molecular complexity index is 881. The van der Waals surface area contributed by atoms with Gasteiger partial charge in [-0.15, -0.1) is 0 Å². The minimum atomic E-state index is -4.31. The summed E-state index contributed by atoms with van der Waals surface area (Å²) in [5.74, 6) is 0. The number of halogens is 3. The minimum Gasteiger partial charge on any atom is -0.388 e. The van der Waals surface area contributed by atoms with E-state index in [1.807, 2.05) is 37.4 Å². The van der Waals surface area contributed by atoms with Crippen molar-refractivity contribution >= 4 is 28.7 Å². The van der Waals surface area contributed by atoms with Gasteiger partial charge < -0.3 is 5.32 Å². The van der Waals surface area contributed by atoms with E-state index in [2.05, 4.69) is 10.3 Å². The second-order valence-electron chi connectivity index (χ2n) is 5.31. The van der Waals surface area contributed by atoms with Crippen LogP contribution in [0.2, 0.25) is 0 Å². The predicted molar refractivity (Wildman–Crippen MR) is 91.7 cm³/mol. The topological polar surface area (TPSA) is 24.9 Å². The van der Waals surface area contributed by atoms with Gasteiger partial charge in [0.25, 0.3) is 0 Å². The summed E-state index contributed by atoms with van der Waals surface area (Å²) in [6, 6.07) is 12.8. The third kappa shape index (κ3) is 3.25. The van der Waals surface area contributed by atoms with Gasteiger partial charge in [-0.3, -0.25) is 4.98 Å². The Hall–Kier alpha value is -2.82. The van der Waals surface area contributed by atoms with E-state index in [1.165, 1.54) is 12.1 Å². The molecule has 24 heavy (non-hydrogen) atoms. The van der Waals surface area contributed by atoms with Crippen molar-refractivity contribution in [2.45, 2.75) is 6.18 Å². The summed E-state index contributed by atoms with van der Waals surface area (Å²) in [4.78, 5) is 4.41. The van der Waals surface area contributed by atoms with E-state index >= 15 is 0 Å². The number of pyridine rings is 1. The number of benzene rings is 2. The Labute approximate surface area is 137 Å². The Morgan fingerprint density at radius 3 is 2.38 bits per heavy atom. The van der Waals surface area contributed by atoms with E-state index in [-0.39, 0.29) is 0 Å². The summed E-state index contributed by atoms with van der Waals surface area (Å²) < 4.78 is 37.8. The van der Waals surface area contributed by atoms with E-state index in [0.29, 0.717) is 5.56 Å². The molecule has 0 fully saturated rings. The smallest absolute Gasteiger partial charge is 0.388 e. The maximum Gasteiger partial charge on any atom is 0.416 e. The number of rotatable bonds is 3. The Morgan fingerprint density at radius 1 is 0.958 bits per heavy atom. The fourth-order valence-corrected chi connectivity index (χ4v) is 2.52. The van der Waals surface area contributed by atoms with E-state index in [0.717, 1.165) is 34.3 Å². The Kier molecular flexibility index (Phi) is 4.25. The van der Waals surface area contributed by atoms with Crippen molar-refractivity contribution in [2.24, 2.45) is 0 Å². The molecule has 0 spiro atoms. The number of hydrogen-bond acceptors (Lipinski definition) is 2. The zero-order valence-corrected chi connectivity index (χ0v) is 12.9. The first-order valence-corrected chi connectivity index (χ1v) is 7.40. The molecule has 0 aliphatic carbocycles. The molecule has 122 valence electrons. The van der Waals surface area contributed by atoms with E-state index < -0.39 is 11.7 Å². The first-order valence-electron chi connectivity index (χ1n) is 7.40. The number of nitrogens with zero attached hydrogens (tertiary/aromatic N) is 1. The Morgan fingerprint density at radius 2 is 1.71 bits per heavy atom. The zero-order valence-electron chi connectivity index (χ0n) is 12.9. The van der Waals surface area contributed by atoms with Crippen LogP contribution in [0.25, 0.3) is 23.1 Å². The van der Waals surface area contributed by atoms with Gasteiger partial charge in [0.1, 0.15) is 0 Å². The van der Waals surface area contributed by atoms with Gasteiger partial charge in [-0.2, -0.15) is 13.2 Å². The van der Waals surface area contributed by atoms with Crippen LogP contribution in [-0.2, 0) is 6.18 Å². The molecule has 0 aliphatic rings. The van der Waals surface area contributed by atoms with E-state index in [1.54, 1.807) is 12.3 Å². The lowest BCUT2D eigenvalue weighted by molar-refractivity contribution is -0.137. The lowest BCUT2D eigenvalue weighted by atomic mass is 10.1. The zero-order chi connectivity index (χ0) is 17.2. The minimum absolute atomic E-state index is 0.648. The maximum absolute atomic E-state index is 12.6. The number of alkyl halides is 3. The third-order valence-electron chi connectivity index (χ3n) is 3.76. The van der Waals surface area contributed by atoms with Gasteiger partial charge in [0, 0.05) is 29.9 Å². The van der Waals surface area contributed by atoms with Gasteiger partial charge in [0.2, 0.25) is 0 Å². The molecule has 0 saturated heterocycles. The first kappa shape index (κ1) is 16.1. The second-order valence-corrected chi connectivity index (χ2v) is 5.31. The summed E-state index contributed by atoms with van der Waals surface area (Å²) in [6.07, 6.45) is 1.04. The number of hydrogen-bond donors (Lipinski definition) is 1. The quantitative estimate of drug-likeness (QED) is 0.645. The van der Waals surface area contributed by atoms with Crippen molar-refractivity contribution in [2.75, 3.05) is 12.4 Å². The van der Waals surface area contributed by atoms with Crippen LogP contribution in [-0.4, -0.2) is 12.0 Å². The molecule has 0 bridgehead atoms. The van der Waals surface area contributed by atoms with Crippen molar-refractivity contribution < 1.29 is 13.2 Å². The summed E-state index contributed by atoms with van der Waals surface area (Å²) in [7, 11) is 1.85. The van der Waals surface area contributed by atoms with Gasteiger partial charge in [0.05, 0.1) is 11.1 Å². The average molecular weight is 328 g/mol. The summed E-state index contributed by atoms with van der Waals surface area (Å²) in [5.41, 5.74) is 2.77. The van der Waals surface area contributed by atoms with Gasteiger partial charge in [0.15, 0.2) is 0 Å². The lowest BCUT2D eigenvalue weighted by Crippen LogP contribution is -2.03. The molecular weight excluding hydrogens is 313 g/mol. The highest BCUT2D eigenvalue weighted by atomic mass is 19.4. The standard InChI is InChI=1S/C19H15F3N2/c1-23-17-11-8-14(18-16(17)3-2-12-24-18)7-4-13-5-9-15(10-6-13)19(20,21)22/h2-12,23H,1H3/b7-4+. The molecule has 0 radical (unpaired) electrons. The monoisotopic (exact) mass is 328 g/mol. The van der Waals surface area contributed by atoms with Crippen LogP contribution in [0.5, 0.6) is 0 Å². The van der Waals surface area contributed by atoms with Gasteiger partial charge >= 0.3 is 6.18 Å². The van der Waals surface area contributed by atoms with E-state index in [4.69, 9.17) is 0 Å². The SMILES string of the molecule is CNc1ccc(/C=C/c2ccc(C(F)(F)F)cc2)c2ncccc12. The second kappa shape index (κ2) is 6.35. The molecule has 2 aromatic carbocycles. The van der Waals surface area contributed by atoms with Crippen LogP contribution in [0.1, 0.15) is 16.7 Å². The van der Waals surface area contributed by atoms with Crippen LogP contribution in [0.3, 0.4) is 0 Å². The van der Waals surface area contributed by atoms with Crippen LogP contribution in [0.15, 0.2) is 54.7 Å². The molecule has 0 aliphatic heterocycles. The average Bonchev–Trinajstić information content (AvgIpc) is 2.59. The fourth-order valence-electron chi connectivity index (χ4n) is 2.52. The molecule has 0 saturated carbocycles. The largest absolute Gasteiger partial charge is 0.416 e. The summed E-state index contributed by atoms with van der Waals surface area (Å²) >= 11 is 0. The molecule has 1 heterocycles. The van der Waals surface area contributed by atoms with E-state index in [9.17, 15) is 13.2 Å². The molecule has 1 N–H and O–H groups in total. The number of anilines is 1. The Balaban J connectivity index is 1.94. The van der Waals surface area contributed by atoms with Crippen molar-refractivity contribution in [3.63, 3.8) is 0 Å². The van der Waals surface area contributed by atoms with Gasteiger partial charge in [-0.05, 0) is 35.9 Å². The summed E-state index contributed by atoms with van der Waals surface area (Å²) in [6.45, 7) is 0. The molecule has 3 aromatic rings. The molecule has 0 amide bonds. The van der Waals surface area contributed by atoms with Crippen molar-refractivity contribution in [1.82, 2.24) is 4.98 Å². The van der Waals surface area contributed by atoms with Gasteiger partial charge in [-0.1, -0.05) is 30.4 Å². The molecule has 3 rings (SSSR count). The molecule has 2 nitrogen and oxygen atoms in total. The fraction of sp³-hybridized carbons (Fsp3) is 0.105. The normalized spacial score (nSPS) is 12.0.